The standard InChI is InChI=1S/C9H11N.CH5N.I2/c1-10-6-8-4-2-3-5-9(8)7-10;2*1-2/h2-5H,6-7H2,1H3;2H2,1H3;. The van der Waals surface area contributed by atoms with Crippen molar-refractivity contribution in [2.75, 3.05) is 14.1 Å². The SMILES string of the molecule is CN.CN1Cc2ccccc2C1.II. The molecule has 4 heteroatoms. The Bertz CT molecular complexity index is 229. The van der Waals surface area contributed by atoms with Gasteiger partial charge >= 0.3 is 0 Å². The summed E-state index contributed by atoms with van der Waals surface area (Å²) in [7, 11) is 3.65. The lowest BCUT2D eigenvalue weighted by Gasteiger charge is -2.02. The van der Waals surface area contributed by atoms with Gasteiger partial charge in [-0.1, -0.05) is 24.3 Å². The zero-order chi connectivity index (χ0) is 11.0. The molecule has 2 nitrogen and oxygen atoms in total. The summed E-state index contributed by atoms with van der Waals surface area (Å²) in [6, 6.07) is 8.63. The van der Waals surface area contributed by atoms with Crippen molar-refractivity contribution in [1.29, 1.82) is 0 Å². The smallest absolute Gasteiger partial charge is 0.0237 e. The van der Waals surface area contributed by atoms with Crippen LogP contribution in [0, 0.1) is 0 Å². The molecule has 0 unspecified atom stereocenters. The fourth-order valence-electron chi connectivity index (χ4n) is 1.50. The molecule has 0 aromatic heterocycles. The Labute approximate surface area is 110 Å². The van der Waals surface area contributed by atoms with Gasteiger partial charge in [-0.25, -0.2) is 0 Å². The number of hydrogen-bond donors (Lipinski definition) is 1. The maximum Gasteiger partial charge on any atom is 0.0237 e. The molecule has 0 saturated heterocycles. The molecule has 1 heterocycles. The number of nitrogens with two attached hydrogens (primary N) is 1. The minimum Gasteiger partial charge on any atom is -0.333 e. The van der Waals surface area contributed by atoms with Crippen LogP contribution in [0.15, 0.2) is 24.3 Å². The molecule has 0 bridgehead atoms. The number of hydrogen-bond acceptors (Lipinski definition) is 2. The van der Waals surface area contributed by atoms with Crippen LogP contribution in [0.4, 0.5) is 0 Å². The number of nitrogens with zero attached hydrogens (tertiary/aromatic N) is 1. The summed E-state index contributed by atoms with van der Waals surface area (Å²) in [5.74, 6) is 0. The van der Waals surface area contributed by atoms with E-state index in [1.165, 1.54) is 18.2 Å². The molecule has 14 heavy (non-hydrogen) atoms. The quantitative estimate of drug-likeness (QED) is 0.657. The second-order valence-corrected chi connectivity index (χ2v) is 2.94. The second kappa shape index (κ2) is 8.87. The van der Waals surface area contributed by atoms with Gasteiger partial charge < -0.3 is 5.73 Å². The van der Waals surface area contributed by atoms with Crippen molar-refractivity contribution in [3.63, 3.8) is 0 Å². The highest BCUT2D eigenvalue weighted by atomic mass is 128. The van der Waals surface area contributed by atoms with Crippen molar-refractivity contribution in [1.82, 2.24) is 4.90 Å². The molecule has 0 atom stereocenters. The number of fused-ring (bicyclic) bond motifs is 1. The molecule has 80 valence electrons. The maximum absolute atomic E-state index is 4.50. The minimum atomic E-state index is 1.12. The second-order valence-electron chi connectivity index (χ2n) is 2.94. The zero-order valence-corrected chi connectivity index (χ0v) is 12.8. The molecule has 1 aliphatic rings. The van der Waals surface area contributed by atoms with E-state index in [1.54, 1.807) is 0 Å². The third kappa shape index (κ3) is 4.41. The summed E-state index contributed by atoms with van der Waals surface area (Å²) in [6.07, 6.45) is 0. The van der Waals surface area contributed by atoms with E-state index in [0.29, 0.717) is 0 Å². The van der Waals surface area contributed by atoms with Crippen molar-refractivity contribution in [3.8, 4) is 0 Å². The molecule has 1 aliphatic heterocycles. The van der Waals surface area contributed by atoms with Crippen molar-refractivity contribution < 1.29 is 0 Å². The van der Waals surface area contributed by atoms with Crippen LogP contribution in [-0.2, 0) is 13.1 Å². The van der Waals surface area contributed by atoms with E-state index in [0.717, 1.165) is 13.1 Å². The van der Waals surface area contributed by atoms with Gasteiger partial charge in [0.2, 0.25) is 0 Å². The van der Waals surface area contributed by atoms with E-state index >= 15 is 0 Å². The van der Waals surface area contributed by atoms with Gasteiger partial charge in [0, 0.05) is 50.3 Å². The molecule has 0 radical (unpaired) electrons. The van der Waals surface area contributed by atoms with Crippen LogP contribution >= 0.6 is 37.2 Å². The maximum atomic E-state index is 4.50. The molecule has 1 aromatic carbocycles. The van der Waals surface area contributed by atoms with Gasteiger partial charge in [0.15, 0.2) is 0 Å². The minimum absolute atomic E-state index is 1.12. The van der Waals surface area contributed by atoms with Gasteiger partial charge in [-0.05, 0) is 25.2 Å². The molecule has 0 fully saturated rings. The van der Waals surface area contributed by atoms with Gasteiger partial charge in [-0.3, -0.25) is 4.90 Å². The summed E-state index contributed by atoms with van der Waals surface area (Å²) in [5.41, 5.74) is 7.48. The first-order chi connectivity index (χ1) is 6.86. The summed E-state index contributed by atoms with van der Waals surface area (Å²) in [4.78, 5) is 2.32. The third-order valence-electron chi connectivity index (χ3n) is 2.00. The van der Waals surface area contributed by atoms with E-state index < -0.39 is 0 Å². The van der Waals surface area contributed by atoms with Gasteiger partial charge in [0.05, 0.1) is 0 Å². The van der Waals surface area contributed by atoms with Crippen LogP contribution in [0.1, 0.15) is 11.1 Å². The molecular formula is C10H16I2N2. The van der Waals surface area contributed by atoms with Gasteiger partial charge in [0.25, 0.3) is 0 Å². The summed E-state index contributed by atoms with van der Waals surface area (Å²) < 4.78 is 0. The van der Waals surface area contributed by atoms with Gasteiger partial charge in [-0.2, -0.15) is 0 Å². The van der Waals surface area contributed by atoms with Crippen LogP contribution in [-0.4, -0.2) is 19.0 Å². The summed E-state index contributed by atoms with van der Waals surface area (Å²) in [5, 5.41) is 0. The monoisotopic (exact) mass is 418 g/mol. The Kier molecular flexibility index (Phi) is 9.25. The Morgan fingerprint density at radius 2 is 1.43 bits per heavy atom. The number of halogens is 2. The molecule has 0 amide bonds. The van der Waals surface area contributed by atoms with Crippen LogP contribution in [0.25, 0.3) is 0 Å². The Morgan fingerprint density at radius 1 is 1.07 bits per heavy atom. The van der Waals surface area contributed by atoms with E-state index in [4.69, 9.17) is 0 Å². The lowest BCUT2D eigenvalue weighted by Crippen LogP contribution is -2.07. The van der Waals surface area contributed by atoms with Crippen molar-refractivity contribution in [2.24, 2.45) is 5.73 Å². The highest BCUT2D eigenvalue weighted by molar-refractivity contribution is 15.0. The van der Waals surface area contributed by atoms with Gasteiger partial charge in [0.1, 0.15) is 0 Å². The topological polar surface area (TPSA) is 29.3 Å². The number of benzene rings is 1. The third-order valence-corrected chi connectivity index (χ3v) is 2.00. The average molecular weight is 418 g/mol. The fourth-order valence-corrected chi connectivity index (χ4v) is 1.50. The van der Waals surface area contributed by atoms with Crippen LogP contribution in [0.2, 0.25) is 0 Å². The predicted octanol–water partition coefficient (Wildman–Crippen LogP) is 2.98. The summed E-state index contributed by atoms with van der Waals surface area (Å²) in [6.45, 7) is 2.24. The van der Waals surface area contributed by atoms with Gasteiger partial charge in [-0.15, -0.1) is 0 Å². The molecule has 0 saturated carbocycles. The highest BCUT2D eigenvalue weighted by Crippen LogP contribution is 2.19. The van der Waals surface area contributed by atoms with E-state index in [2.05, 4.69) is 79.2 Å². The molecule has 2 N–H and O–H groups in total. The van der Waals surface area contributed by atoms with Crippen molar-refractivity contribution in [2.45, 2.75) is 13.1 Å². The Hall–Kier alpha value is 0.600. The largest absolute Gasteiger partial charge is 0.333 e. The van der Waals surface area contributed by atoms with Crippen LogP contribution in [0.3, 0.4) is 0 Å². The average Bonchev–Trinajstić information content (AvgIpc) is 2.64. The molecule has 0 aliphatic carbocycles. The van der Waals surface area contributed by atoms with E-state index in [1.807, 2.05) is 0 Å². The summed E-state index contributed by atoms with van der Waals surface area (Å²) >= 11 is 4.24. The van der Waals surface area contributed by atoms with E-state index in [9.17, 15) is 0 Å². The molecule has 2 rings (SSSR count). The lowest BCUT2D eigenvalue weighted by molar-refractivity contribution is 0.353. The Balaban J connectivity index is 0.000000379. The Morgan fingerprint density at radius 3 is 1.79 bits per heavy atom. The fraction of sp³-hybridized carbons (Fsp3) is 0.400. The van der Waals surface area contributed by atoms with Crippen LogP contribution in [0.5, 0.6) is 0 Å². The van der Waals surface area contributed by atoms with Crippen LogP contribution < -0.4 is 5.73 Å². The highest BCUT2D eigenvalue weighted by Gasteiger charge is 2.12. The number of rotatable bonds is 0. The predicted molar refractivity (Wildman–Crippen MR) is 79.8 cm³/mol. The lowest BCUT2D eigenvalue weighted by atomic mass is 10.1. The first-order valence-electron chi connectivity index (χ1n) is 4.33. The molecule has 1 aromatic rings. The van der Waals surface area contributed by atoms with E-state index in [-0.39, 0.29) is 0 Å². The zero-order valence-electron chi connectivity index (χ0n) is 8.50. The molecular weight excluding hydrogens is 402 g/mol. The molecule has 0 spiro atoms. The normalized spacial score (nSPS) is 13.2. The first-order valence-corrected chi connectivity index (χ1v) is 10.6. The van der Waals surface area contributed by atoms with Crippen molar-refractivity contribution >= 4 is 37.2 Å². The van der Waals surface area contributed by atoms with Crippen molar-refractivity contribution in [3.05, 3.63) is 35.4 Å². The first kappa shape index (κ1) is 14.6.